The quantitative estimate of drug-likeness (QED) is 0.377. The molecule has 0 spiro atoms. The molecule has 6 nitrogen and oxygen atoms in total. The SMILES string of the molecule is On1c(-c2c(Cl)cccc2Cl)nc2c1-c1ccncc1Nc1ncccc1-2. The third-order valence-corrected chi connectivity index (χ3v) is 5.06. The van der Waals surface area contributed by atoms with E-state index < -0.39 is 0 Å². The van der Waals surface area contributed by atoms with Gasteiger partial charge in [-0.3, -0.25) is 4.98 Å². The van der Waals surface area contributed by atoms with E-state index in [4.69, 9.17) is 23.2 Å². The van der Waals surface area contributed by atoms with Crippen molar-refractivity contribution in [2.24, 2.45) is 0 Å². The molecular weight excluding hydrogens is 385 g/mol. The van der Waals surface area contributed by atoms with Crippen molar-refractivity contribution in [3.63, 3.8) is 0 Å². The van der Waals surface area contributed by atoms with E-state index in [1.165, 1.54) is 0 Å². The van der Waals surface area contributed by atoms with Crippen molar-refractivity contribution < 1.29 is 5.21 Å². The lowest BCUT2D eigenvalue weighted by molar-refractivity contribution is 0.195. The first-order valence-electron chi connectivity index (χ1n) is 8.08. The number of halogens is 2. The summed E-state index contributed by atoms with van der Waals surface area (Å²) >= 11 is 12.7. The van der Waals surface area contributed by atoms with E-state index in [1.807, 2.05) is 12.1 Å². The summed E-state index contributed by atoms with van der Waals surface area (Å²) in [6, 6.07) is 10.7. The first kappa shape index (κ1) is 16.1. The number of hydrogen-bond acceptors (Lipinski definition) is 5. The fraction of sp³-hybridized carbons (Fsp3) is 0. The molecule has 0 radical (unpaired) electrons. The number of pyridine rings is 2. The first-order valence-corrected chi connectivity index (χ1v) is 8.84. The zero-order chi connectivity index (χ0) is 18.5. The Morgan fingerprint density at radius 3 is 2.59 bits per heavy atom. The summed E-state index contributed by atoms with van der Waals surface area (Å²) in [6.07, 6.45) is 5.02. The Kier molecular flexibility index (Phi) is 3.56. The van der Waals surface area contributed by atoms with Gasteiger partial charge in [0.25, 0.3) is 0 Å². The molecule has 27 heavy (non-hydrogen) atoms. The van der Waals surface area contributed by atoms with Gasteiger partial charge in [-0.1, -0.05) is 29.3 Å². The van der Waals surface area contributed by atoms with Gasteiger partial charge < -0.3 is 10.5 Å². The van der Waals surface area contributed by atoms with Crippen LogP contribution < -0.4 is 5.32 Å². The summed E-state index contributed by atoms with van der Waals surface area (Å²) in [7, 11) is 0. The Morgan fingerprint density at radius 1 is 0.963 bits per heavy atom. The number of benzene rings is 1. The number of hydrogen-bond donors (Lipinski definition) is 2. The van der Waals surface area contributed by atoms with Gasteiger partial charge in [0, 0.05) is 23.5 Å². The second kappa shape index (κ2) is 5.97. The van der Waals surface area contributed by atoms with Crippen molar-refractivity contribution in [2.45, 2.75) is 0 Å². The van der Waals surface area contributed by atoms with Gasteiger partial charge >= 0.3 is 0 Å². The van der Waals surface area contributed by atoms with Crippen LogP contribution in [0.15, 0.2) is 55.0 Å². The maximum Gasteiger partial charge on any atom is 0.179 e. The average molecular weight is 396 g/mol. The molecule has 1 aromatic carbocycles. The second-order valence-corrected chi connectivity index (χ2v) is 6.80. The smallest absolute Gasteiger partial charge is 0.179 e. The van der Waals surface area contributed by atoms with Crippen LogP contribution in [0.2, 0.25) is 10.0 Å². The minimum atomic E-state index is 0.259. The van der Waals surface area contributed by atoms with E-state index in [-0.39, 0.29) is 5.82 Å². The van der Waals surface area contributed by atoms with Crippen LogP contribution in [-0.4, -0.2) is 24.9 Å². The second-order valence-electron chi connectivity index (χ2n) is 5.99. The van der Waals surface area contributed by atoms with Crippen molar-refractivity contribution in [3.05, 3.63) is 65.0 Å². The molecule has 0 aliphatic carbocycles. The van der Waals surface area contributed by atoms with Crippen LogP contribution in [-0.2, 0) is 0 Å². The standard InChI is InChI=1S/C19H11Cl2N5O/c20-12-4-1-5-13(21)15(12)19-25-16-11-3-2-7-23-18(11)24-14-9-22-8-6-10(14)17(16)26(19)27/h1-9,27H,(H,23,24). The molecule has 4 heterocycles. The van der Waals surface area contributed by atoms with Crippen LogP contribution in [0.25, 0.3) is 33.9 Å². The molecule has 2 N–H and O–H groups in total. The van der Waals surface area contributed by atoms with Crippen LogP contribution in [0, 0.1) is 0 Å². The Hall–Kier alpha value is -3.09. The van der Waals surface area contributed by atoms with Crippen LogP contribution in [0.1, 0.15) is 0 Å². The third kappa shape index (κ3) is 2.38. The number of rotatable bonds is 1. The fourth-order valence-electron chi connectivity index (χ4n) is 3.24. The monoisotopic (exact) mass is 395 g/mol. The number of anilines is 2. The summed E-state index contributed by atoms with van der Waals surface area (Å²) < 4.78 is 1.02. The number of imidazole rings is 1. The molecule has 4 aromatic rings. The van der Waals surface area contributed by atoms with E-state index in [2.05, 4.69) is 20.3 Å². The van der Waals surface area contributed by atoms with Crippen molar-refractivity contribution in [1.82, 2.24) is 19.7 Å². The average Bonchev–Trinajstić information content (AvgIpc) is 2.92. The highest BCUT2D eigenvalue weighted by Crippen LogP contribution is 2.45. The van der Waals surface area contributed by atoms with Gasteiger partial charge in [0.2, 0.25) is 0 Å². The predicted octanol–water partition coefficient (Wildman–Crippen LogP) is 5.28. The van der Waals surface area contributed by atoms with E-state index in [0.29, 0.717) is 38.5 Å². The molecule has 0 atom stereocenters. The Morgan fingerprint density at radius 2 is 1.78 bits per heavy atom. The van der Waals surface area contributed by atoms with Gasteiger partial charge in [-0.05, 0) is 30.3 Å². The Bertz CT molecular complexity index is 1180. The van der Waals surface area contributed by atoms with Gasteiger partial charge in [0.15, 0.2) is 5.82 Å². The van der Waals surface area contributed by atoms with Crippen molar-refractivity contribution >= 4 is 34.7 Å². The largest absolute Gasteiger partial charge is 0.426 e. The molecule has 1 aliphatic rings. The normalized spacial score (nSPS) is 11.8. The molecule has 0 amide bonds. The van der Waals surface area contributed by atoms with Gasteiger partial charge in [-0.2, -0.15) is 4.73 Å². The summed E-state index contributed by atoms with van der Waals surface area (Å²) in [5.41, 5.74) is 3.75. The van der Waals surface area contributed by atoms with E-state index >= 15 is 0 Å². The molecule has 3 aromatic heterocycles. The molecular formula is C19H11Cl2N5O. The highest BCUT2D eigenvalue weighted by molar-refractivity contribution is 6.39. The minimum absolute atomic E-state index is 0.259. The molecule has 0 unspecified atom stereocenters. The maximum atomic E-state index is 11.0. The zero-order valence-corrected chi connectivity index (χ0v) is 15.2. The first-order chi connectivity index (χ1) is 13.1. The zero-order valence-electron chi connectivity index (χ0n) is 13.7. The van der Waals surface area contributed by atoms with E-state index in [1.54, 1.807) is 42.9 Å². The Balaban J connectivity index is 1.89. The lowest BCUT2D eigenvalue weighted by atomic mass is 10.1. The van der Waals surface area contributed by atoms with Crippen LogP contribution in [0.4, 0.5) is 11.5 Å². The van der Waals surface area contributed by atoms with Gasteiger partial charge in [0.05, 0.1) is 27.5 Å². The maximum absolute atomic E-state index is 11.0. The molecule has 0 fully saturated rings. The van der Waals surface area contributed by atoms with Crippen LogP contribution >= 0.6 is 23.2 Å². The molecule has 0 bridgehead atoms. The molecule has 0 saturated carbocycles. The van der Waals surface area contributed by atoms with Gasteiger partial charge in [-0.15, -0.1) is 0 Å². The number of nitrogens with one attached hydrogen (secondary N) is 1. The summed E-state index contributed by atoms with van der Waals surface area (Å²) in [5, 5.41) is 15.1. The molecule has 5 rings (SSSR count). The van der Waals surface area contributed by atoms with Crippen molar-refractivity contribution in [2.75, 3.05) is 5.32 Å². The molecule has 132 valence electrons. The lowest BCUT2D eigenvalue weighted by Crippen LogP contribution is -2.00. The topological polar surface area (TPSA) is 75.9 Å². The fourth-order valence-corrected chi connectivity index (χ4v) is 3.81. The van der Waals surface area contributed by atoms with Gasteiger partial charge in [0.1, 0.15) is 17.2 Å². The summed E-state index contributed by atoms with van der Waals surface area (Å²) in [5.74, 6) is 0.885. The van der Waals surface area contributed by atoms with Gasteiger partial charge in [-0.25, -0.2) is 9.97 Å². The van der Waals surface area contributed by atoms with Crippen molar-refractivity contribution in [3.8, 4) is 33.9 Å². The van der Waals surface area contributed by atoms with E-state index in [0.717, 1.165) is 15.9 Å². The van der Waals surface area contributed by atoms with Crippen molar-refractivity contribution in [1.29, 1.82) is 0 Å². The molecule has 1 aliphatic heterocycles. The van der Waals surface area contributed by atoms with Crippen LogP contribution in [0.3, 0.4) is 0 Å². The number of fused-ring (bicyclic) bond motifs is 5. The lowest BCUT2D eigenvalue weighted by Gasteiger charge is -2.10. The van der Waals surface area contributed by atoms with Crippen LogP contribution in [0.5, 0.6) is 0 Å². The Labute approximate surface area is 164 Å². The summed E-state index contributed by atoms with van der Waals surface area (Å²) in [6.45, 7) is 0. The van der Waals surface area contributed by atoms with E-state index in [9.17, 15) is 5.21 Å². The minimum Gasteiger partial charge on any atom is -0.426 e. The predicted molar refractivity (Wildman–Crippen MR) is 105 cm³/mol. The number of aromatic nitrogens is 4. The number of nitrogens with zero attached hydrogens (tertiary/aromatic N) is 4. The third-order valence-electron chi connectivity index (χ3n) is 4.43. The highest BCUT2D eigenvalue weighted by Gasteiger charge is 2.29. The summed E-state index contributed by atoms with van der Waals surface area (Å²) in [4.78, 5) is 13.3. The molecule has 8 heteroatoms. The highest BCUT2D eigenvalue weighted by atomic mass is 35.5. The molecule has 0 saturated heterocycles.